The van der Waals surface area contributed by atoms with Gasteiger partial charge in [0, 0.05) is 27.5 Å². The van der Waals surface area contributed by atoms with Gasteiger partial charge in [-0.2, -0.15) is 0 Å². The molecule has 284 valence electrons. The SMILES string of the molecule is c1ccc(-c2ccc(-c3nc(-c4ccc5c(c4)oc4cccc(-c6ccc(-c7ccccc7)cc6)c45)nc(-c4ccc5c6ccccc6c6ccccc6c5c4)n3)cc2)cc1. The number of hydrogen-bond donors (Lipinski definition) is 0. The number of furan rings is 1. The van der Waals surface area contributed by atoms with Crippen LogP contribution in [-0.2, 0) is 0 Å². The Bertz CT molecular complexity index is 3580. The van der Waals surface area contributed by atoms with Crippen molar-refractivity contribution in [3.05, 3.63) is 212 Å². The van der Waals surface area contributed by atoms with Crippen LogP contribution in [0.15, 0.2) is 217 Å². The lowest BCUT2D eigenvalue weighted by atomic mass is 9.93. The molecule has 0 fully saturated rings. The lowest BCUT2D eigenvalue weighted by Crippen LogP contribution is -2.00. The van der Waals surface area contributed by atoms with Gasteiger partial charge in [0.25, 0.3) is 0 Å². The van der Waals surface area contributed by atoms with E-state index in [1.807, 2.05) is 18.2 Å². The van der Waals surface area contributed by atoms with E-state index in [0.29, 0.717) is 17.5 Å². The van der Waals surface area contributed by atoms with Gasteiger partial charge in [-0.15, -0.1) is 0 Å². The molecule has 4 heteroatoms. The number of hydrogen-bond acceptors (Lipinski definition) is 4. The Labute approximate surface area is 352 Å². The minimum atomic E-state index is 0.578. The van der Waals surface area contributed by atoms with Gasteiger partial charge in [-0.3, -0.25) is 0 Å². The molecule has 0 aliphatic heterocycles. The van der Waals surface area contributed by atoms with Crippen LogP contribution in [0, 0.1) is 0 Å². The van der Waals surface area contributed by atoms with Crippen LogP contribution in [0.2, 0.25) is 0 Å². The summed E-state index contributed by atoms with van der Waals surface area (Å²) in [5, 5.41) is 9.39. The summed E-state index contributed by atoms with van der Waals surface area (Å²) in [6.45, 7) is 0. The molecule has 0 N–H and O–H groups in total. The second-order valence-electron chi connectivity index (χ2n) is 15.5. The molecule has 61 heavy (non-hydrogen) atoms. The van der Waals surface area contributed by atoms with E-state index in [2.05, 4.69) is 194 Å². The lowest BCUT2D eigenvalue weighted by molar-refractivity contribution is 0.669. The van der Waals surface area contributed by atoms with E-state index in [4.69, 9.17) is 19.4 Å². The van der Waals surface area contributed by atoms with Crippen molar-refractivity contribution in [1.29, 1.82) is 0 Å². The minimum absolute atomic E-state index is 0.578. The second kappa shape index (κ2) is 14.3. The molecule has 12 rings (SSSR count). The topological polar surface area (TPSA) is 51.8 Å². The Balaban J connectivity index is 1.00. The van der Waals surface area contributed by atoms with Gasteiger partial charge >= 0.3 is 0 Å². The molecular formula is C57H35N3O. The fraction of sp³-hybridized carbons (Fsp3) is 0. The summed E-state index contributed by atoms with van der Waals surface area (Å²) in [7, 11) is 0. The first-order valence-corrected chi connectivity index (χ1v) is 20.6. The first kappa shape index (κ1) is 34.8. The number of nitrogens with zero attached hydrogens (tertiary/aromatic N) is 3. The van der Waals surface area contributed by atoms with Gasteiger partial charge in [0.05, 0.1) is 0 Å². The predicted molar refractivity (Wildman–Crippen MR) is 252 cm³/mol. The largest absolute Gasteiger partial charge is 0.456 e. The first-order valence-electron chi connectivity index (χ1n) is 20.6. The minimum Gasteiger partial charge on any atom is -0.456 e. The van der Waals surface area contributed by atoms with Crippen LogP contribution < -0.4 is 0 Å². The number of benzene rings is 10. The summed E-state index contributed by atoms with van der Waals surface area (Å²) in [4.78, 5) is 15.5. The van der Waals surface area contributed by atoms with Crippen molar-refractivity contribution < 1.29 is 4.42 Å². The van der Waals surface area contributed by atoms with Crippen molar-refractivity contribution in [1.82, 2.24) is 15.0 Å². The molecule has 2 heterocycles. The maximum Gasteiger partial charge on any atom is 0.164 e. The van der Waals surface area contributed by atoms with Gasteiger partial charge < -0.3 is 4.42 Å². The van der Waals surface area contributed by atoms with E-state index < -0.39 is 0 Å². The lowest BCUT2D eigenvalue weighted by Gasteiger charge is -2.13. The highest BCUT2D eigenvalue weighted by Crippen LogP contribution is 2.40. The average Bonchev–Trinajstić information content (AvgIpc) is 3.73. The van der Waals surface area contributed by atoms with Gasteiger partial charge in [-0.25, -0.2) is 15.0 Å². The van der Waals surface area contributed by atoms with Crippen molar-refractivity contribution >= 4 is 54.3 Å². The van der Waals surface area contributed by atoms with E-state index >= 15 is 0 Å². The van der Waals surface area contributed by atoms with E-state index in [0.717, 1.165) is 66.3 Å². The second-order valence-corrected chi connectivity index (χ2v) is 15.5. The zero-order valence-electron chi connectivity index (χ0n) is 33.0. The number of aromatic nitrogens is 3. The fourth-order valence-corrected chi connectivity index (χ4v) is 8.93. The third-order valence-corrected chi connectivity index (χ3v) is 11.9. The highest BCUT2D eigenvalue weighted by atomic mass is 16.3. The molecule has 0 spiro atoms. The summed E-state index contributed by atoms with van der Waals surface area (Å²) in [6, 6.07) is 74.6. The van der Waals surface area contributed by atoms with Crippen LogP contribution in [-0.4, -0.2) is 15.0 Å². The van der Waals surface area contributed by atoms with E-state index in [-0.39, 0.29) is 0 Å². The third-order valence-electron chi connectivity index (χ3n) is 11.9. The van der Waals surface area contributed by atoms with Crippen LogP contribution in [0.5, 0.6) is 0 Å². The summed E-state index contributed by atoms with van der Waals surface area (Å²) >= 11 is 0. The maximum absolute atomic E-state index is 6.61. The number of rotatable bonds is 6. The summed E-state index contributed by atoms with van der Waals surface area (Å²) in [5.74, 6) is 1.79. The normalized spacial score (nSPS) is 11.6. The molecule has 12 aromatic rings. The maximum atomic E-state index is 6.61. The number of fused-ring (bicyclic) bond motifs is 9. The van der Waals surface area contributed by atoms with E-state index in [1.165, 1.54) is 38.1 Å². The molecule has 0 amide bonds. The molecule has 0 saturated carbocycles. The zero-order chi connectivity index (χ0) is 40.3. The smallest absolute Gasteiger partial charge is 0.164 e. The highest BCUT2D eigenvalue weighted by Gasteiger charge is 2.18. The Morgan fingerprint density at radius 2 is 0.656 bits per heavy atom. The zero-order valence-corrected chi connectivity index (χ0v) is 33.0. The van der Waals surface area contributed by atoms with Gasteiger partial charge in [-0.1, -0.05) is 188 Å². The van der Waals surface area contributed by atoms with Crippen LogP contribution in [0.1, 0.15) is 0 Å². The first-order chi connectivity index (χ1) is 30.2. The van der Waals surface area contributed by atoms with Crippen molar-refractivity contribution in [2.45, 2.75) is 0 Å². The molecule has 0 bridgehead atoms. The third kappa shape index (κ3) is 6.04. The molecule has 10 aromatic carbocycles. The van der Waals surface area contributed by atoms with Gasteiger partial charge in [0.15, 0.2) is 17.5 Å². The van der Waals surface area contributed by atoms with Gasteiger partial charge in [0.1, 0.15) is 11.2 Å². The molecule has 0 aliphatic rings. The van der Waals surface area contributed by atoms with Crippen LogP contribution in [0.25, 0.3) is 122 Å². The quantitative estimate of drug-likeness (QED) is 0.158. The molecule has 0 unspecified atom stereocenters. The molecule has 0 radical (unpaired) electrons. The van der Waals surface area contributed by atoms with Crippen molar-refractivity contribution in [2.24, 2.45) is 0 Å². The molecular weight excluding hydrogens is 743 g/mol. The Kier molecular flexibility index (Phi) is 8.13. The van der Waals surface area contributed by atoms with E-state index in [1.54, 1.807) is 0 Å². The molecule has 0 saturated heterocycles. The van der Waals surface area contributed by atoms with Gasteiger partial charge in [-0.05, 0) is 90.0 Å². The standard InChI is InChI=1S/C57H35N3O/c1-3-12-36(13-4-1)38-22-26-40(27-23-38)44-20-11-21-52-54(44)50-33-31-43(35-53(50)61-52)57-59-55(41-28-24-39(25-29-41)37-14-5-2-6-15-37)58-56(60-57)42-30-32-49-47-18-8-7-16-45(47)46-17-9-10-19-48(46)51(49)34-42/h1-35H. The monoisotopic (exact) mass is 777 g/mol. The Morgan fingerprint density at radius 3 is 1.23 bits per heavy atom. The van der Waals surface area contributed by atoms with E-state index in [9.17, 15) is 0 Å². The molecule has 0 atom stereocenters. The summed E-state index contributed by atoms with van der Waals surface area (Å²) in [5.41, 5.74) is 11.2. The average molecular weight is 778 g/mol. The van der Waals surface area contributed by atoms with Crippen molar-refractivity contribution in [3.63, 3.8) is 0 Å². The van der Waals surface area contributed by atoms with Crippen LogP contribution in [0.3, 0.4) is 0 Å². The molecule has 4 nitrogen and oxygen atoms in total. The van der Waals surface area contributed by atoms with Crippen LogP contribution >= 0.6 is 0 Å². The van der Waals surface area contributed by atoms with Gasteiger partial charge in [0.2, 0.25) is 0 Å². The Hall–Kier alpha value is -8.21. The summed E-state index contributed by atoms with van der Waals surface area (Å²) < 4.78 is 6.61. The Morgan fingerprint density at radius 1 is 0.246 bits per heavy atom. The molecule has 0 aliphatic carbocycles. The fourth-order valence-electron chi connectivity index (χ4n) is 8.93. The van der Waals surface area contributed by atoms with Crippen molar-refractivity contribution in [2.75, 3.05) is 0 Å². The van der Waals surface area contributed by atoms with Crippen LogP contribution in [0.4, 0.5) is 0 Å². The predicted octanol–water partition coefficient (Wildman–Crippen LogP) is 15.2. The molecule has 2 aromatic heterocycles. The van der Waals surface area contributed by atoms with Crippen molar-refractivity contribution in [3.8, 4) is 67.5 Å². The highest BCUT2D eigenvalue weighted by molar-refractivity contribution is 6.25. The summed E-state index contributed by atoms with van der Waals surface area (Å²) in [6.07, 6.45) is 0.